The summed E-state index contributed by atoms with van der Waals surface area (Å²) in [7, 11) is 0. The molecule has 0 radical (unpaired) electrons. The molecule has 1 saturated heterocycles. The van der Waals surface area contributed by atoms with E-state index in [2.05, 4.69) is 10.2 Å². The molecule has 164 valence electrons. The van der Waals surface area contributed by atoms with Crippen LogP contribution in [0.15, 0.2) is 60.0 Å². The number of carbonyl (C=O) groups is 1. The van der Waals surface area contributed by atoms with Crippen molar-refractivity contribution in [2.75, 3.05) is 13.1 Å². The SMILES string of the molecule is O=C(N1CC(Oc2cc(-n3cccn3)ccc2F)C1)N1N=CCC1c1cc(F)cc(F)c1. The summed E-state index contributed by atoms with van der Waals surface area (Å²) in [5.41, 5.74) is 0.981. The zero-order chi connectivity index (χ0) is 22.2. The minimum atomic E-state index is -0.712. The third-order valence-electron chi connectivity index (χ3n) is 5.39. The minimum Gasteiger partial charge on any atom is -0.484 e. The Morgan fingerprint density at radius 2 is 1.84 bits per heavy atom. The molecule has 1 atom stereocenters. The minimum absolute atomic E-state index is 0.0717. The van der Waals surface area contributed by atoms with Crippen LogP contribution < -0.4 is 4.74 Å². The first-order valence-corrected chi connectivity index (χ1v) is 10.0. The third-order valence-corrected chi connectivity index (χ3v) is 5.39. The van der Waals surface area contributed by atoms with Gasteiger partial charge in [-0.3, -0.25) is 0 Å². The molecule has 0 bridgehead atoms. The lowest BCUT2D eigenvalue weighted by Crippen LogP contribution is -2.58. The summed E-state index contributed by atoms with van der Waals surface area (Å²) < 4.78 is 48.8. The van der Waals surface area contributed by atoms with Crippen molar-refractivity contribution in [3.05, 3.63) is 77.9 Å². The first-order valence-electron chi connectivity index (χ1n) is 10.0. The Hall–Kier alpha value is -3.82. The Bertz CT molecular complexity index is 1160. The average Bonchev–Trinajstić information content (AvgIpc) is 3.42. The first-order chi connectivity index (χ1) is 15.5. The highest BCUT2D eigenvalue weighted by Gasteiger charge is 2.39. The van der Waals surface area contributed by atoms with E-state index in [0.29, 0.717) is 17.7 Å². The van der Waals surface area contributed by atoms with Crippen LogP contribution in [0.5, 0.6) is 5.75 Å². The van der Waals surface area contributed by atoms with Crippen LogP contribution in [0.4, 0.5) is 18.0 Å². The number of hydrazone groups is 1. The van der Waals surface area contributed by atoms with Gasteiger partial charge in [0.05, 0.1) is 24.8 Å². The number of ether oxygens (including phenoxy) is 1. The standard InChI is InChI=1S/C22H18F3N5O2/c23-15-8-14(9-16(24)10-15)20-4-6-27-30(20)22(31)28-12-18(13-28)32-21-11-17(2-3-19(21)25)29-7-1-5-26-29/h1-3,5-11,18,20H,4,12-13H2. The number of aromatic nitrogens is 2. The van der Waals surface area contributed by atoms with Crippen molar-refractivity contribution in [1.82, 2.24) is 19.7 Å². The van der Waals surface area contributed by atoms with Gasteiger partial charge in [0.25, 0.3) is 0 Å². The van der Waals surface area contributed by atoms with Gasteiger partial charge in [0.15, 0.2) is 11.6 Å². The van der Waals surface area contributed by atoms with Gasteiger partial charge in [-0.2, -0.15) is 10.2 Å². The lowest BCUT2D eigenvalue weighted by molar-refractivity contribution is 0.0257. The van der Waals surface area contributed by atoms with E-state index in [4.69, 9.17) is 4.74 Å². The largest absolute Gasteiger partial charge is 0.484 e. The molecule has 0 spiro atoms. The van der Waals surface area contributed by atoms with Crippen molar-refractivity contribution in [3.8, 4) is 11.4 Å². The van der Waals surface area contributed by atoms with Crippen molar-refractivity contribution in [2.24, 2.45) is 5.10 Å². The predicted octanol–water partition coefficient (Wildman–Crippen LogP) is 3.91. The summed E-state index contributed by atoms with van der Waals surface area (Å²) in [6.45, 7) is 0.473. The molecule has 10 heteroatoms. The Labute approximate surface area is 181 Å². The Kier molecular flexibility index (Phi) is 5.04. The van der Waals surface area contributed by atoms with E-state index >= 15 is 0 Å². The first kappa shape index (κ1) is 20.1. The topological polar surface area (TPSA) is 63.0 Å². The number of likely N-dealkylation sites (tertiary alicyclic amines) is 1. The highest BCUT2D eigenvalue weighted by atomic mass is 19.1. The van der Waals surface area contributed by atoms with Gasteiger partial charge in [-0.25, -0.2) is 27.7 Å². The number of benzene rings is 2. The number of nitrogens with zero attached hydrogens (tertiary/aromatic N) is 5. The molecule has 2 amide bonds. The van der Waals surface area contributed by atoms with Gasteiger partial charge < -0.3 is 9.64 Å². The highest BCUT2D eigenvalue weighted by Crippen LogP contribution is 2.32. The molecule has 1 aromatic heterocycles. The fourth-order valence-electron chi connectivity index (χ4n) is 3.78. The van der Waals surface area contributed by atoms with Gasteiger partial charge in [-0.05, 0) is 35.9 Å². The number of hydrogen-bond donors (Lipinski definition) is 0. The number of rotatable bonds is 4. The normalized spacial score (nSPS) is 18.2. The van der Waals surface area contributed by atoms with E-state index in [1.54, 1.807) is 35.3 Å². The number of amides is 2. The summed E-state index contributed by atoms with van der Waals surface area (Å²) in [6, 6.07) is 8.37. The van der Waals surface area contributed by atoms with Crippen molar-refractivity contribution >= 4 is 12.2 Å². The molecule has 3 heterocycles. The molecule has 2 aliphatic heterocycles. The zero-order valence-electron chi connectivity index (χ0n) is 16.7. The second-order valence-corrected chi connectivity index (χ2v) is 7.59. The number of halogens is 3. The summed E-state index contributed by atoms with van der Waals surface area (Å²) in [5.74, 6) is -1.86. The molecule has 2 aromatic carbocycles. The molecule has 2 aliphatic rings. The molecule has 1 unspecified atom stereocenters. The van der Waals surface area contributed by atoms with Gasteiger partial charge in [-0.1, -0.05) is 0 Å². The van der Waals surface area contributed by atoms with Crippen LogP contribution in [0.3, 0.4) is 0 Å². The van der Waals surface area contributed by atoms with Crippen molar-refractivity contribution in [2.45, 2.75) is 18.6 Å². The highest BCUT2D eigenvalue weighted by molar-refractivity contribution is 5.79. The van der Waals surface area contributed by atoms with Gasteiger partial charge in [0.1, 0.15) is 17.7 Å². The summed E-state index contributed by atoms with van der Waals surface area (Å²) >= 11 is 0. The lowest BCUT2D eigenvalue weighted by atomic mass is 10.0. The summed E-state index contributed by atoms with van der Waals surface area (Å²) in [4.78, 5) is 14.4. The van der Waals surface area contributed by atoms with Gasteiger partial charge >= 0.3 is 6.03 Å². The van der Waals surface area contributed by atoms with Crippen LogP contribution in [0, 0.1) is 17.5 Å². The van der Waals surface area contributed by atoms with E-state index in [0.717, 1.165) is 6.07 Å². The smallest absolute Gasteiger partial charge is 0.341 e. The van der Waals surface area contributed by atoms with Crippen LogP contribution in [-0.4, -0.2) is 51.1 Å². The molecule has 0 saturated carbocycles. The van der Waals surface area contributed by atoms with Crippen LogP contribution in [0.1, 0.15) is 18.0 Å². The molecule has 1 fully saturated rings. The summed E-state index contributed by atoms with van der Waals surface area (Å²) in [5, 5.41) is 9.41. The van der Waals surface area contributed by atoms with Crippen LogP contribution in [0.2, 0.25) is 0 Å². The predicted molar refractivity (Wildman–Crippen MR) is 109 cm³/mol. The van der Waals surface area contributed by atoms with E-state index in [1.165, 1.54) is 34.3 Å². The fraction of sp³-hybridized carbons (Fsp3) is 0.227. The lowest BCUT2D eigenvalue weighted by Gasteiger charge is -2.41. The quantitative estimate of drug-likeness (QED) is 0.617. The van der Waals surface area contributed by atoms with Gasteiger partial charge in [0.2, 0.25) is 0 Å². The maximum Gasteiger partial charge on any atom is 0.341 e. The van der Waals surface area contributed by atoms with E-state index in [9.17, 15) is 18.0 Å². The third kappa shape index (κ3) is 3.79. The second-order valence-electron chi connectivity index (χ2n) is 7.59. The Balaban J connectivity index is 1.23. The number of carbonyl (C=O) groups excluding carboxylic acids is 1. The van der Waals surface area contributed by atoms with Crippen LogP contribution >= 0.6 is 0 Å². The van der Waals surface area contributed by atoms with Crippen molar-refractivity contribution in [3.63, 3.8) is 0 Å². The molecule has 5 rings (SSSR count). The number of hydrogen-bond acceptors (Lipinski definition) is 4. The maximum absolute atomic E-state index is 14.2. The Morgan fingerprint density at radius 1 is 1.06 bits per heavy atom. The van der Waals surface area contributed by atoms with E-state index < -0.39 is 35.6 Å². The Morgan fingerprint density at radius 3 is 2.56 bits per heavy atom. The van der Waals surface area contributed by atoms with E-state index in [1.807, 2.05) is 0 Å². The molecular weight excluding hydrogens is 423 g/mol. The molecule has 0 aliphatic carbocycles. The molecule has 3 aromatic rings. The maximum atomic E-state index is 14.2. The van der Waals surface area contributed by atoms with Gasteiger partial charge in [0, 0.05) is 37.2 Å². The van der Waals surface area contributed by atoms with E-state index in [-0.39, 0.29) is 18.8 Å². The molecule has 32 heavy (non-hydrogen) atoms. The summed E-state index contributed by atoms with van der Waals surface area (Å²) in [6.07, 6.45) is 4.85. The van der Waals surface area contributed by atoms with Gasteiger partial charge in [-0.15, -0.1) is 0 Å². The zero-order valence-corrected chi connectivity index (χ0v) is 16.7. The van der Waals surface area contributed by atoms with Crippen LogP contribution in [-0.2, 0) is 0 Å². The molecular formula is C22H18F3N5O2. The number of urea groups is 1. The fourth-order valence-corrected chi connectivity index (χ4v) is 3.78. The van der Waals surface area contributed by atoms with Crippen molar-refractivity contribution < 1.29 is 22.7 Å². The van der Waals surface area contributed by atoms with Crippen molar-refractivity contribution in [1.29, 1.82) is 0 Å². The monoisotopic (exact) mass is 441 g/mol. The second kappa shape index (κ2) is 8.03. The molecule has 0 N–H and O–H groups in total. The average molecular weight is 441 g/mol. The molecule has 7 nitrogen and oxygen atoms in total. The van der Waals surface area contributed by atoms with Crippen LogP contribution in [0.25, 0.3) is 5.69 Å².